The van der Waals surface area contributed by atoms with E-state index in [-0.39, 0.29) is 0 Å². The highest BCUT2D eigenvalue weighted by atomic mass is 16.6. The zero-order valence-electron chi connectivity index (χ0n) is 38.9. The van der Waals surface area contributed by atoms with E-state index in [1.807, 2.05) is 0 Å². The molecule has 0 radical (unpaired) electrons. The Kier molecular flexibility index (Phi) is 58.3. The zero-order chi connectivity index (χ0) is 43.7. The minimum Gasteiger partial charge on any atom is -0.379 e. The molecule has 0 bridgehead atoms. The molecular weight excluding hydrogens is 790 g/mol. The molecule has 366 valence electrons. The third-order valence-electron chi connectivity index (χ3n) is 8.90. The molecule has 0 fully saturated rings. The summed E-state index contributed by atoms with van der Waals surface area (Å²) in [6, 6.07) is 0. The monoisotopic (exact) mass is 884 g/mol. The number of nitrogens with two attached hydrogens (primary N) is 1. The van der Waals surface area contributed by atoms with Gasteiger partial charge in [0.25, 0.3) is 0 Å². The number of ether oxygens (including phenoxy) is 14. The smallest absolute Gasteiger partial charge is 0.0701 e. The summed E-state index contributed by atoms with van der Waals surface area (Å²) in [5.41, 5.74) is 5.34. The van der Waals surface area contributed by atoms with Crippen LogP contribution < -0.4 is 5.73 Å². The van der Waals surface area contributed by atoms with Gasteiger partial charge in [-0.3, -0.25) is 0 Å². The van der Waals surface area contributed by atoms with Crippen LogP contribution in [0.5, 0.6) is 0 Å². The highest BCUT2D eigenvalue weighted by molar-refractivity contribution is 4.81. The topological polar surface area (TPSA) is 155 Å². The minimum absolute atomic E-state index is 0.508. The first-order valence-corrected chi connectivity index (χ1v) is 23.8. The summed E-state index contributed by atoms with van der Waals surface area (Å²) in [4.78, 5) is 0. The van der Waals surface area contributed by atoms with Gasteiger partial charge in [0.05, 0.1) is 178 Å². The minimum atomic E-state index is 0.508. The van der Waals surface area contributed by atoms with Crippen molar-refractivity contribution in [3.8, 4) is 0 Å². The molecule has 0 heterocycles. The molecule has 0 unspecified atom stereocenters. The maximum Gasteiger partial charge on any atom is 0.0701 e. The van der Waals surface area contributed by atoms with E-state index in [2.05, 4.69) is 19.1 Å². The number of hydrogen-bond donors (Lipinski definition) is 1. The van der Waals surface area contributed by atoms with E-state index in [0.29, 0.717) is 185 Å². The third kappa shape index (κ3) is 59.1. The quantitative estimate of drug-likeness (QED) is 0.0543. The molecule has 0 aliphatic heterocycles. The van der Waals surface area contributed by atoms with Gasteiger partial charge >= 0.3 is 0 Å². The number of unbranched alkanes of at least 4 members (excludes halogenated alkanes) is 12. The molecule has 15 heteroatoms. The average Bonchev–Trinajstić information content (AvgIpc) is 3.27. The second-order valence-electron chi connectivity index (χ2n) is 14.3. The van der Waals surface area contributed by atoms with Crippen molar-refractivity contribution in [2.75, 3.05) is 192 Å². The molecule has 0 saturated heterocycles. The van der Waals surface area contributed by atoms with E-state index in [9.17, 15) is 0 Å². The summed E-state index contributed by atoms with van der Waals surface area (Å²) in [5.74, 6) is 0. The van der Waals surface area contributed by atoms with E-state index in [0.717, 1.165) is 13.0 Å². The van der Waals surface area contributed by atoms with Crippen LogP contribution >= 0.6 is 0 Å². The fraction of sp³-hybridized carbons (Fsp3) is 0.957. The van der Waals surface area contributed by atoms with Gasteiger partial charge in [0, 0.05) is 13.2 Å². The summed E-state index contributed by atoms with van der Waals surface area (Å²) < 4.78 is 76.9. The van der Waals surface area contributed by atoms with Crippen molar-refractivity contribution >= 4 is 0 Å². The first kappa shape index (κ1) is 60.1. The van der Waals surface area contributed by atoms with Crippen molar-refractivity contribution in [1.29, 1.82) is 0 Å². The molecule has 0 aromatic rings. The van der Waals surface area contributed by atoms with Gasteiger partial charge in [-0.15, -0.1) is 0 Å². The Hall–Kier alpha value is -0.860. The highest BCUT2D eigenvalue weighted by Gasteiger charge is 1.98. The largest absolute Gasteiger partial charge is 0.379 e. The second-order valence-corrected chi connectivity index (χ2v) is 14.3. The number of rotatable bonds is 57. The summed E-state index contributed by atoms with van der Waals surface area (Å²) >= 11 is 0. The molecule has 0 aliphatic carbocycles. The Morgan fingerprint density at radius 1 is 0.230 bits per heavy atom. The molecule has 2 N–H and O–H groups in total. The highest BCUT2D eigenvalue weighted by Crippen LogP contribution is 2.11. The van der Waals surface area contributed by atoms with Gasteiger partial charge < -0.3 is 72.0 Å². The first-order valence-electron chi connectivity index (χ1n) is 23.8. The molecule has 0 amide bonds. The fourth-order valence-corrected chi connectivity index (χ4v) is 5.50. The van der Waals surface area contributed by atoms with Crippen molar-refractivity contribution in [3.05, 3.63) is 12.2 Å². The third-order valence-corrected chi connectivity index (χ3v) is 8.90. The number of allylic oxidation sites excluding steroid dienone is 2. The first-order chi connectivity index (χ1) is 30.4. The lowest BCUT2D eigenvalue weighted by molar-refractivity contribution is -0.0295. The van der Waals surface area contributed by atoms with E-state index in [1.54, 1.807) is 0 Å². The Balaban J connectivity index is 3.08. The van der Waals surface area contributed by atoms with Gasteiger partial charge in [-0.2, -0.15) is 0 Å². The van der Waals surface area contributed by atoms with Crippen molar-refractivity contribution in [2.45, 2.75) is 96.8 Å². The number of hydrogen-bond acceptors (Lipinski definition) is 15. The fourth-order valence-electron chi connectivity index (χ4n) is 5.50. The molecule has 15 nitrogen and oxygen atoms in total. The van der Waals surface area contributed by atoms with Gasteiger partial charge in [0.15, 0.2) is 0 Å². The standard InChI is InChI=1S/C46H93NO14/c1-2-3-4-5-6-7-8-9-10-11-12-13-14-15-16-17-19-48-21-23-50-25-27-52-29-31-54-33-35-56-37-39-58-41-43-60-45-46-61-44-42-59-40-38-57-36-34-55-32-30-53-28-26-51-24-22-49-20-18-47/h12-13H,2-11,14-47H2,1H3/b13-12+. The average molecular weight is 884 g/mol. The summed E-state index contributed by atoms with van der Waals surface area (Å²) in [6.45, 7) is 17.9. The van der Waals surface area contributed by atoms with Crippen LogP contribution in [0.2, 0.25) is 0 Å². The summed E-state index contributed by atoms with van der Waals surface area (Å²) in [7, 11) is 0. The molecule has 0 aliphatic rings. The van der Waals surface area contributed by atoms with Gasteiger partial charge in [-0.25, -0.2) is 0 Å². The molecule has 0 rings (SSSR count). The normalized spacial score (nSPS) is 11.8. The molecule has 0 aromatic heterocycles. The Labute approximate surface area is 371 Å². The van der Waals surface area contributed by atoms with Crippen molar-refractivity contribution in [2.24, 2.45) is 5.73 Å². The lowest BCUT2D eigenvalue weighted by atomic mass is 10.1. The molecule has 0 atom stereocenters. The van der Waals surface area contributed by atoms with Crippen LogP contribution in [0.4, 0.5) is 0 Å². The SMILES string of the molecule is CCCCCCCCCCC/C=C/CCCCCOCCOCCOCCOCCOCCOCCOCCOCCOCCOCCOCCOCCOCCOCCN. The van der Waals surface area contributed by atoms with E-state index < -0.39 is 0 Å². The Morgan fingerprint density at radius 2 is 0.426 bits per heavy atom. The molecule has 61 heavy (non-hydrogen) atoms. The Bertz CT molecular complexity index is 789. The summed E-state index contributed by atoms with van der Waals surface area (Å²) in [5, 5.41) is 0. The lowest BCUT2D eigenvalue weighted by Gasteiger charge is -2.09. The predicted molar refractivity (Wildman–Crippen MR) is 240 cm³/mol. The van der Waals surface area contributed by atoms with Crippen molar-refractivity contribution in [1.82, 2.24) is 0 Å². The molecule has 0 saturated carbocycles. The lowest BCUT2D eigenvalue weighted by Crippen LogP contribution is -2.16. The van der Waals surface area contributed by atoms with Gasteiger partial charge in [-0.1, -0.05) is 76.9 Å². The molecule has 0 spiro atoms. The van der Waals surface area contributed by atoms with E-state index in [1.165, 1.54) is 83.5 Å². The maximum absolute atomic E-state index is 5.68. The van der Waals surface area contributed by atoms with Crippen LogP contribution in [0.1, 0.15) is 96.8 Å². The van der Waals surface area contributed by atoms with Crippen LogP contribution in [0.15, 0.2) is 12.2 Å². The molecular formula is C46H93NO14. The van der Waals surface area contributed by atoms with Gasteiger partial charge in [0.2, 0.25) is 0 Å². The van der Waals surface area contributed by atoms with Crippen LogP contribution in [0.3, 0.4) is 0 Å². The van der Waals surface area contributed by atoms with Crippen molar-refractivity contribution in [3.63, 3.8) is 0 Å². The van der Waals surface area contributed by atoms with Gasteiger partial charge in [-0.05, 0) is 32.1 Å². The summed E-state index contributed by atoms with van der Waals surface area (Å²) in [6.07, 6.45) is 23.3. The van der Waals surface area contributed by atoms with E-state index in [4.69, 9.17) is 72.0 Å². The maximum atomic E-state index is 5.68. The van der Waals surface area contributed by atoms with Crippen LogP contribution in [0, 0.1) is 0 Å². The second kappa shape index (κ2) is 59.1. The zero-order valence-corrected chi connectivity index (χ0v) is 38.9. The predicted octanol–water partition coefficient (Wildman–Crippen LogP) is 6.22. The van der Waals surface area contributed by atoms with Crippen LogP contribution in [-0.2, 0) is 66.3 Å². The molecule has 0 aromatic carbocycles. The van der Waals surface area contributed by atoms with Crippen molar-refractivity contribution < 1.29 is 66.3 Å². The van der Waals surface area contributed by atoms with Gasteiger partial charge in [0.1, 0.15) is 0 Å². The van der Waals surface area contributed by atoms with Crippen LogP contribution in [-0.4, -0.2) is 192 Å². The Morgan fingerprint density at radius 3 is 0.672 bits per heavy atom. The van der Waals surface area contributed by atoms with E-state index >= 15 is 0 Å². The van der Waals surface area contributed by atoms with Crippen LogP contribution in [0.25, 0.3) is 0 Å².